The average Bonchev–Trinajstić information content (AvgIpc) is 2.89. The molecule has 0 aliphatic carbocycles. The van der Waals surface area contributed by atoms with Gasteiger partial charge in [0.15, 0.2) is 0 Å². The lowest BCUT2D eigenvalue weighted by molar-refractivity contribution is -0.883. The molecule has 0 bridgehead atoms. The third-order valence-corrected chi connectivity index (χ3v) is 4.70. The fourth-order valence-electron chi connectivity index (χ4n) is 3.14. The number of piperazine rings is 1. The summed E-state index contributed by atoms with van der Waals surface area (Å²) in [5, 5.41) is 3.02. The van der Waals surface area contributed by atoms with Crippen molar-refractivity contribution in [1.82, 2.24) is 10.2 Å². The number of aryl methyl sites for hydroxylation is 1. The number of carbonyl (C=O) groups is 2. The van der Waals surface area contributed by atoms with E-state index in [9.17, 15) is 9.59 Å². The predicted octanol–water partition coefficient (Wildman–Crippen LogP) is -0.360. The van der Waals surface area contributed by atoms with E-state index in [-0.39, 0.29) is 18.0 Å². The lowest BCUT2D eigenvalue weighted by Crippen LogP contribution is -3.12. The standard InChI is InChI=1S/C17H24N4O2/c1-13-3-5-15(6-4-13)21-12-14(11-16(21)22)18-17(23)20-9-7-19(2)8-10-20/h3-6,14H,7-12H2,1-2H3,(H,18,23)/p+1/t14-/m1/s1. The molecule has 2 saturated heterocycles. The quantitative estimate of drug-likeness (QED) is 0.783. The van der Waals surface area contributed by atoms with Crippen LogP contribution in [0.4, 0.5) is 10.5 Å². The molecule has 2 heterocycles. The van der Waals surface area contributed by atoms with Crippen molar-refractivity contribution >= 4 is 17.6 Å². The Kier molecular flexibility index (Phi) is 4.52. The van der Waals surface area contributed by atoms with Crippen LogP contribution in [0.25, 0.3) is 0 Å². The van der Waals surface area contributed by atoms with Crippen molar-refractivity contribution in [2.75, 3.05) is 44.7 Å². The maximum absolute atomic E-state index is 12.3. The smallest absolute Gasteiger partial charge is 0.318 e. The van der Waals surface area contributed by atoms with Crippen molar-refractivity contribution in [2.24, 2.45) is 0 Å². The molecule has 2 fully saturated rings. The van der Waals surface area contributed by atoms with Gasteiger partial charge in [-0.1, -0.05) is 17.7 Å². The molecule has 3 rings (SSSR count). The van der Waals surface area contributed by atoms with Gasteiger partial charge in [-0.3, -0.25) is 4.79 Å². The molecule has 6 nitrogen and oxygen atoms in total. The van der Waals surface area contributed by atoms with E-state index in [1.165, 1.54) is 10.5 Å². The normalized spacial score (nSPS) is 22.5. The second-order valence-electron chi connectivity index (χ2n) is 6.63. The van der Waals surface area contributed by atoms with E-state index in [1.54, 1.807) is 4.90 Å². The Hall–Kier alpha value is -2.08. The minimum atomic E-state index is -0.108. The van der Waals surface area contributed by atoms with Gasteiger partial charge >= 0.3 is 6.03 Å². The molecule has 1 aromatic carbocycles. The van der Waals surface area contributed by atoms with E-state index in [1.807, 2.05) is 36.1 Å². The molecule has 0 saturated carbocycles. The van der Waals surface area contributed by atoms with Crippen LogP contribution in [0, 0.1) is 6.92 Å². The minimum Gasteiger partial charge on any atom is -0.334 e. The number of amides is 3. The molecule has 0 spiro atoms. The fraction of sp³-hybridized carbons (Fsp3) is 0.529. The van der Waals surface area contributed by atoms with E-state index in [2.05, 4.69) is 12.4 Å². The summed E-state index contributed by atoms with van der Waals surface area (Å²) >= 11 is 0. The zero-order valence-electron chi connectivity index (χ0n) is 13.8. The highest BCUT2D eigenvalue weighted by molar-refractivity contribution is 5.96. The van der Waals surface area contributed by atoms with Gasteiger partial charge in [-0.15, -0.1) is 0 Å². The number of nitrogens with one attached hydrogen (secondary N) is 2. The van der Waals surface area contributed by atoms with Crippen LogP contribution in [-0.4, -0.2) is 62.7 Å². The molecule has 2 aliphatic rings. The van der Waals surface area contributed by atoms with E-state index in [0.717, 1.165) is 31.9 Å². The highest BCUT2D eigenvalue weighted by Gasteiger charge is 2.33. The van der Waals surface area contributed by atoms with Crippen LogP contribution < -0.4 is 15.1 Å². The number of carbonyl (C=O) groups excluding carboxylic acids is 2. The maximum atomic E-state index is 12.3. The van der Waals surface area contributed by atoms with Gasteiger partial charge in [0.05, 0.1) is 39.3 Å². The Balaban J connectivity index is 1.57. The van der Waals surface area contributed by atoms with Crippen LogP contribution in [0.15, 0.2) is 24.3 Å². The van der Waals surface area contributed by atoms with Crippen LogP contribution in [0.5, 0.6) is 0 Å². The average molecular weight is 317 g/mol. The molecule has 1 aromatic rings. The second kappa shape index (κ2) is 6.58. The molecular weight excluding hydrogens is 292 g/mol. The van der Waals surface area contributed by atoms with Crippen LogP contribution in [0.3, 0.4) is 0 Å². The first-order chi connectivity index (χ1) is 11.0. The zero-order chi connectivity index (χ0) is 16.4. The summed E-state index contributed by atoms with van der Waals surface area (Å²) in [5.74, 6) is 0.0713. The topological polar surface area (TPSA) is 57.1 Å². The Labute approximate surface area is 137 Å². The van der Waals surface area contributed by atoms with Crippen molar-refractivity contribution in [3.05, 3.63) is 29.8 Å². The van der Waals surface area contributed by atoms with Crippen molar-refractivity contribution in [1.29, 1.82) is 0 Å². The Morgan fingerprint density at radius 2 is 1.87 bits per heavy atom. The van der Waals surface area contributed by atoms with Crippen molar-refractivity contribution in [2.45, 2.75) is 19.4 Å². The molecule has 6 heteroatoms. The fourth-order valence-corrected chi connectivity index (χ4v) is 3.14. The van der Waals surface area contributed by atoms with Crippen LogP contribution in [0.1, 0.15) is 12.0 Å². The van der Waals surface area contributed by atoms with Gasteiger partial charge in [0.1, 0.15) is 0 Å². The summed E-state index contributed by atoms with van der Waals surface area (Å²) in [6.45, 7) is 6.09. The SMILES string of the molecule is Cc1ccc(N2C[C@H](NC(=O)N3CC[NH+](C)CC3)CC2=O)cc1. The van der Waals surface area contributed by atoms with Gasteiger partial charge in [-0.25, -0.2) is 4.79 Å². The van der Waals surface area contributed by atoms with E-state index in [4.69, 9.17) is 0 Å². The molecule has 2 N–H and O–H groups in total. The number of likely N-dealkylation sites (N-methyl/N-ethyl adjacent to an activating group) is 1. The molecular formula is C17H25N4O2+. The van der Waals surface area contributed by atoms with Gasteiger partial charge in [-0.05, 0) is 19.1 Å². The number of rotatable bonds is 2. The largest absolute Gasteiger partial charge is 0.334 e. The Morgan fingerprint density at radius 3 is 2.52 bits per heavy atom. The first kappa shape index (κ1) is 15.8. The van der Waals surface area contributed by atoms with Crippen LogP contribution >= 0.6 is 0 Å². The monoisotopic (exact) mass is 317 g/mol. The zero-order valence-corrected chi connectivity index (χ0v) is 13.8. The first-order valence-corrected chi connectivity index (χ1v) is 8.26. The molecule has 2 aliphatic heterocycles. The highest BCUT2D eigenvalue weighted by Crippen LogP contribution is 2.22. The molecule has 0 radical (unpaired) electrons. The molecule has 23 heavy (non-hydrogen) atoms. The van der Waals surface area contributed by atoms with Crippen LogP contribution in [0.2, 0.25) is 0 Å². The molecule has 0 aromatic heterocycles. The van der Waals surface area contributed by atoms with Gasteiger partial charge in [0, 0.05) is 18.7 Å². The summed E-state index contributed by atoms with van der Waals surface area (Å²) in [6.07, 6.45) is 0.374. The van der Waals surface area contributed by atoms with E-state index >= 15 is 0 Å². The number of hydrogen-bond donors (Lipinski definition) is 2. The number of hydrogen-bond acceptors (Lipinski definition) is 2. The Bertz CT molecular complexity index is 579. The maximum Gasteiger partial charge on any atom is 0.318 e. The molecule has 1 atom stereocenters. The number of benzene rings is 1. The van der Waals surface area contributed by atoms with Gasteiger partial charge in [0.25, 0.3) is 0 Å². The third kappa shape index (κ3) is 3.64. The van der Waals surface area contributed by atoms with Gasteiger partial charge in [-0.2, -0.15) is 0 Å². The summed E-state index contributed by atoms with van der Waals surface area (Å²) in [7, 11) is 2.14. The van der Waals surface area contributed by atoms with Crippen LogP contribution in [-0.2, 0) is 4.79 Å². The summed E-state index contributed by atoms with van der Waals surface area (Å²) in [4.78, 5) is 29.6. The summed E-state index contributed by atoms with van der Waals surface area (Å²) in [6, 6.07) is 7.77. The van der Waals surface area contributed by atoms with Crippen molar-refractivity contribution in [3.63, 3.8) is 0 Å². The third-order valence-electron chi connectivity index (χ3n) is 4.70. The second-order valence-corrected chi connectivity index (χ2v) is 6.63. The minimum absolute atomic E-state index is 0.0407. The highest BCUT2D eigenvalue weighted by atomic mass is 16.2. The molecule has 124 valence electrons. The first-order valence-electron chi connectivity index (χ1n) is 8.26. The van der Waals surface area contributed by atoms with E-state index in [0.29, 0.717) is 13.0 Å². The van der Waals surface area contributed by atoms with Gasteiger partial charge in [0.2, 0.25) is 5.91 Å². The number of anilines is 1. The summed E-state index contributed by atoms with van der Waals surface area (Å²) < 4.78 is 0. The molecule has 0 unspecified atom stereocenters. The van der Waals surface area contributed by atoms with E-state index < -0.39 is 0 Å². The lowest BCUT2D eigenvalue weighted by Gasteiger charge is -2.31. The summed E-state index contributed by atoms with van der Waals surface area (Å²) in [5.41, 5.74) is 2.07. The van der Waals surface area contributed by atoms with Gasteiger partial charge < -0.3 is 20.0 Å². The van der Waals surface area contributed by atoms with Crippen molar-refractivity contribution < 1.29 is 14.5 Å². The Morgan fingerprint density at radius 1 is 1.22 bits per heavy atom. The number of nitrogens with zero attached hydrogens (tertiary/aromatic N) is 2. The van der Waals surface area contributed by atoms with Crippen molar-refractivity contribution in [3.8, 4) is 0 Å². The number of quaternary nitrogens is 1. The number of urea groups is 1. The lowest BCUT2D eigenvalue weighted by atomic mass is 10.2. The predicted molar refractivity (Wildman–Crippen MR) is 88.7 cm³/mol. The molecule has 3 amide bonds.